The van der Waals surface area contributed by atoms with Gasteiger partial charge in [0.15, 0.2) is 0 Å². The van der Waals surface area contributed by atoms with Crippen molar-refractivity contribution < 1.29 is 14.3 Å². The number of likely N-dealkylation sites (tertiary alicyclic amines) is 1. The van der Waals surface area contributed by atoms with Crippen molar-refractivity contribution in [3.8, 4) is 11.8 Å². The van der Waals surface area contributed by atoms with Crippen LogP contribution in [-0.4, -0.2) is 47.4 Å². The number of carbonyl (C=O) groups is 1. The van der Waals surface area contributed by atoms with Gasteiger partial charge in [-0.2, -0.15) is 0 Å². The summed E-state index contributed by atoms with van der Waals surface area (Å²) in [5.74, 6) is 0.870. The van der Waals surface area contributed by atoms with Crippen molar-refractivity contribution in [3.05, 3.63) is 42.0 Å². The Hall–Kier alpha value is -2.83. The van der Waals surface area contributed by atoms with E-state index in [-0.39, 0.29) is 12.1 Å². The molecule has 1 aliphatic rings. The summed E-state index contributed by atoms with van der Waals surface area (Å²) in [6.45, 7) is 3.13. The first kappa shape index (κ1) is 16.0. The van der Waals surface area contributed by atoms with Gasteiger partial charge < -0.3 is 19.7 Å². The molecule has 1 N–H and O–H groups in total. The van der Waals surface area contributed by atoms with Gasteiger partial charge in [-0.3, -0.25) is 0 Å². The fourth-order valence-electron chi connectivity index (χ4n) is 2.57. The number of urea groups is 1. The Morgan fingerprint density at radius 3 is 2.67 bits per heavy atom. The third-order valence-electron chi connectivity index (χ3n) is 3.93. The summed E-state index contributed by atoms with van der Waals surface area (Å²) >= 11 is 0. The van der Waals surface area contributed by atoms with Gasteiger partial charge in [0.2, 0.25) is 11.8 Å². The van der Waals surface area contributed by atoms with Gasteiger partial charge >= 0.3 is 6.03 Å². The summed E-state index contributed by atoms with van der Waals surface area (Å²) in [7, 11) is 1.53. The second kappa shape index (κ2) is 7.16. The molecule has 1 aliphatic heterocycles. The molecule has 7 heteroatoms. The first-order valence-corrected chi connectivity index (χ1v) is 7.81. The summed E-state index contributed by atoms with van der Waals surface area (Å²) < 4.78 is 10.7. The average Bonchev–Trinajstić information content (AvgIpc) is 3.06. The second-order valence-corrected chi connectivity index (χ2v) is 5.63. The van der Waals surface area contributed by atoms with Gasteiger partial charge in [-0.05, 0) is 18.6 Å². The second-order valence-electron chi connectivity index (χ2n) is 5.63. The van der Waals surface area contributed by atoms with Crippen LogP contribution in [0.2, 0.25) is 0 Å². The topological polar surface area (TPSA) is 76.6 Å². The lowest BCUT2D eigenvalue weighted by atomic mass is 10.2. The maximum Gasteiger partial charge on any atom is 0.321 e. The van der Waals surface area contributed by atoms with E-state index >= 15 is 0 Å². The molecule has 0 aliphatic carbocycles. The molecule has 1 fully saturated rings. The molecule has 0 bridgehead atoms. The fraction of sp³-hybridized carbons (Fsp3) is 0.353. The van der Waals surface area contributed by atoms with Crippen molar-refractivity contribution in [1.29, 1.82) is 0 Å². The van der Waals surface area contributed by atoms with E-state index in [4.69, 9.17) is 9.47 Å². The minimum atomic E-state index is -0.115. The van der Waals surface area contributed by atoms with Crippen LogP contribution in [0.3, 0.4) is 0 Å². The minimum Gasteiger partial charge on any atom is -0.480 e. The van der Waals surface area contributed by atoms with Gasteiger partial charge in [-0.1, -0.05) is 18.2 Å². The van der Waals surface area contributed by atoms with Gasteiger partial charge in [0.05, 0.1) is 13.7 Å². The van der Waals surface area contributed by atoms with Gasteiger partial charge in [0.25, 0.3) is 0 Å². The van der Waals surface area contributed by atoms with Crippen molar-refractivity contribution in [3.63, 3.8) is 0 Å². The lowest BCUT2D eigenvalue weighted by Crippen LogP contribution is -2.34. The van der Waals surface area contributed by atoms with Crippen LogP contribution in [0.25, 0.3) is 0 Å². The van der Waals surface area contributed by atoms with Crippen molar-refractivity contribution in [2.75, 3.05) is 25.5 Å². The summed E-state index contributed by atoms with van der Waals surface area (Å²) in [5.41, 5.74) is 1.86. The number of aryl methyl sites for hydroxylation is 1. The van der Waals surface area contributed by atoms with E-state index in [9.17, 15) is 4.79 Å². The fourth-order valence-corrected chi connectivity index (χ4v) is 2.57. The standard InChI is InChI=1S/C17H20N4O3/c1-12-5-3-4-6-14(12)18-17(22)21-10-9-13(11-21)24-16-8-7-15(23-2)19-20-16/h3-8,13H,9-11H2,1-2H3,(H,18,22). The van der Waals surface area contributed by atoms with E-state index in [2.05, 4.69) is 15.5 Å². The first-order chi connectivity index (χ1) is 11.7. The molecule has 0 saturated carbocycles. The molecule has 2 heterocycles. The largest absolute Gasteiger partial charge is 0.480 e. The number of carbonyl (C=O) groups excluding carboxylic acids is 1. The number of amides is 2. The highest BCUT2D eigenvalue weighted by atomic mass is 16.5. The number of anilines is 1. The predicted octanol–water partition coefficient (Wildman–Crippen LogP) is 2.48. The van der Waals surface area contributed by atoms with Gasteiger partial charge in [0.1, 0.15) is 6.10 Å². The molecule has 1 saturated heterocycles. The molecule has 0 radical (unpaired) electrons. The zero-order valence-electron chi connectivity index (χ0n) is 13.7. The highest BCUT2D eigenvalue weighted by Gasteiger charge is 2.28. The lowest BCUT2D eigenvalue weighted by Gasteiger charge is -2.18. The van der Waals surface area contributed by atoms with E-state index in [0.717, 1.165) is 17.7 Å². The normalized spacial score (nSPS) is 16.8. The van der Waals surface area contributed by atoms with Crippen LogP contribution < -0.4 is 14.8 Å². The number of para-hydroxylation sites is 1. The van der Waals surface area contributed by atoms with Crippen molar-refractivity contribution in [2.24, 2.45) is 0 Å². The predicted molar refractivity (Wildman–Crippen MR) is 89.4 cm³/mol. The third kappa shape index (κ3) is 3.73. The van der Waals surface area contributed by atoms with Crippen LogP contribution in [0, 0.1) is 6.92 Å². The van der Waals surface area contributed by atoms with Crippen LogP contribution >= 0.6 is 0 Å². The quantitative estimate of drug-likeness (QED) is 0.933. The lowest BCUT2D eigenvalue weighted by molar-refractivity contribution is 0.188. The molecule has 7 nitrogen and oxygen atoms in total. The van der Waals surface area contributed by atoms with Crippen molar-refractivity contribution in [1.82, 2.24) is 15.1 Å². The zero-order chi connectivity index (χ0) is 16.9. The van der Waals surface area contributed by atoms with Gasteiger partial charge in [0, 0.05) is 30.8 Å². The number of hydrogen-bond acceptors (Lipinski definition) is 5. The number of methoxy groups -OCH3 is 1. The number of nitrogens with one attached hydrogen (secondary N) is 1. The number of rotatable bonds is 4. The van der Waals surface area contributed by atoms with E-state index in [1.807, 2.05) is 31.2 Å². The van der Waals surface area contributed by atoms with Gasteiger partial charge in [-0.25, -0.2) is 4.79 Å². The van der Waals surface area contributed by atoms with E-state index in [0.29, 0.717) is 24.8 Å². The Kier molecular flexibility index (Phi) is 4.79. The first-order valence-electron chi connectivity index (χ1n) is 7.81. The summed E-state index contributed by atoms with van der Waals surface area (Å²) in [4.78, 5) is 14.1. The highest BCUT2D eigenvalue weighted by molar-refractivity contribution is 5.90. The molecule has 1 aromatic heterocycles. The monoisotopic (exact) mass is 328 g/mol. The molecule has 3 rings (SSSR count). The highest BCUT2D eigenvalue weighted by Crippen LogP contribution is 2.19. The van der Waals surface area contributed by atoms with Crippen LogP contribution in [0.15, 0.2) is 36.4 Å². The molecule has 24 heavy (non-hydrogen) atoms. The average molecular weight is 328 g/mol. The molecular formula is C17H20N4O3. The maximum absolute atomic E-state index is 12.4. The molecule has 2 amide bonds. The van der Waals surface area contributed by atoms with E-state index in [1.165, 1.54) is 7.11 Å². The van der Waals surface area contributed by atoms with Crippen LogP contribution in [-0.2, 0) is 0 Å². The number of ether oxygens (including phenoxy) is 2. The van der Waals surface area contributed by atoms with Crippen molar-refractivity contribution in [2.45, 2.75) is 19.4 Å². The smallest absolute Gasteiger partial charge is 0.321 e. The maximum atomic E-state index is 12.4. The molecule has 2 aromatic rings. The minimum absolute atomic E-state index is 0.0877. The molecule has 1 aromatic carbocycles. The van der Waals surface area contributed by atoms with Crippen LogP contribution in [0.1, 0.15) is 12.0 Å². The number of hydrogen-bond donors (Lipinski definition) is 1. The molecule has 1 unspecified atom stereocenters. The molecule has 1 atom stereocenters. The molecule has 0 spiro atoms. The Bertz CT molecular complexity index is 705. The third-order valence-corrected chi connectivity index (χ3v) is 3.93. The van der Waals surface area contributed by atoms with Crippen molar-refractivity contribution >= 4 is 11.7 Å². The number of nitrogens with zero attached hydrogens (tertiary/aromatic N) is 3. The SMILES string of the molecule is COc1ccc(OC2CCN(C(=O)Nc3ccccc3C)C2)nn1. The van der Waals surface area contributed by atoms with Crippen LogP contribution in [0.5, 0.6) is 11.8 Å². The Labute approximate surface area is 140 Å². The van der Waals surface area contributed by atoms with E-state index < -0.39 is 0 Å². The number of benzene rings is 1. The summed E-state index contributed by atoms with van der Waals surface area (Å²) in [5, 5.41) is 10.8. The summed E-state index contributed by atoms with van der Waals surface area (Å²) in [6.07, 6.45) is 0.671. The van der Waals surface area contributed by atoms with E-state index in [1.54, 1.807) is 17.0 Å². The molecule has 126 valence electrons. The van der Waals surface area contributed by atoms with Crippen LogP contribution in [0.4, 0.5) is 10.5 Å². The number of aromatic nitrogens is 2. The zero-order valence-corrected chi connectivity index (χ0v) is 13.7. The molecular weight excluding hydrogens is 308 g/mol. The Balaban J connectivity index is 1.54. The Morgan fingerprint density at radius 2 is 1.96 bits per heavy atom. The summed E-state index contributed by atoms with van der Waals surface area (Å²) in [6, 6.07) is 11.0. The van der Waals surface area contributed by atoms with Gasteiger partial charge in [-0.15, -0.1) is 10.2 Å². The Morgan fingerprint density at radius 1 is 1.21 bits per heavy atom.